The standard InChI is InChI=1S/C15H18BrFN4/c1-3-8-18-14-13(16)15(20-10-19-14)21(2)9-11-6-4-5-7-12(11)17/h4-7,10H,3,8-9H2,1-2H3,(H,18,19,20). The molecule has 112 valence electrons. The van der Waals surface area contributed by atoms with E-state index in [0.29, 0.717) is 12.1 Å². The van der Waals surface area contributed by atoms with Crippen molar-refractivity contribution in [3.05, 3.63) is 46.4 Å². The first-order valence-corrected chi connectivity index (χ1v) is 7.61. The van der Waals surface area contributed by atoms with E-state index in [-0.39, 0.29) is 5.82 Å². The molecule has 0 aliphatic carbocycles. The van der Waals surface area contributed by atoms with E-state index in [1.807, 2.05) is 18.0 Å². The van der Waals surface area contributed by atoms with Crippen molar-refractivity contribution in [2.75, 3.05) is 23.8 Å². The fourth-order valence-electron chi connectivity index (χ4n) is 1.95. The van der Waals surface area contributed by atoms with Gasteiger partial charge < -0.3 is 10.2 Å². The fraction of sp³-hybridized carbons (Fsp3) is 0.333. The van der Waals surface area contributed by atoms with Gasteiger partial charge in [-0.2, -0.15) is 0 Å². The Morgan fingerprint density at radius 3 is 2.76 bits per heavy atom. The van der Waals surface area contributed by atoms with Crippen molar-refractivity contribution in [1.82, 2.24) is 9.97 Å². The lowest BCUT2D eigenvalue weighted by Crippen LogP contribution is -2.20. The van der Waals surface area contributed by atoms with Gasteiger partial charge in [-0.3, -0.25) is 0 Å². The van der Waals surface area contributed by atoms with Gasteiger partial charge in [-0.25, -0.2) is 14.4 Å². The highest BCUT2D eigenvalue weighted by atomic mass is 79.9. The van der Waals surface area contributed by atoms with Crippen molar-refractivity contribution < 1.29 is 4.39 Å². The van der Waals surface area contributed by atoms with Crippen molar-refractivity contribution in [1.29, 1.82) is 0 Å². The predicted molar refractivity (Wildman–Crippen MR) is 87.0 cm³/mol. The summed E-state index contributed by atoms with van der Waals surface area (Å²) in [6.07, 6.45) is 2.52. The molecule has 0 aliphatic rings. The highest BCUT2D eigenvalue weighted by Crippen LogP contribution is 2.29. The summed E-state index contributed by atoms with van der Waals surface area (Å²) in [5.41, 5.74) is 0.633. The van der Waals surface area contributed by atoms with Crippen LogP contribution >= 0.6 is 15.9 Å². The number of aromatic nitrogens is 2. The number of hydrogen-bond acceptors (Lipinski definition) is 4. The van der Waals surface area contributed by atoms with E-state index in [4.69, 9.17) is 0 Å². The molecule has 2 rings (SSSR count). The third-order valence-corrected chi connectivity index (χ3v) is 3.77. The Labute approximate surface area is 132 Å². The molecule has 0 bridgehead atoms. The van der Waals surface area contributed by atoms with Crippen LogP contribution in [0.25, 0.3) is 0 Å². The smallest absolute Gasteiger partial charge is 0.148 e. The molecule has 0 unspecified atom stereocenters. The molecule has 1 aromatic carbocycles. The van der Waals surface area contributed by atoms with E-state index in [1.165, 1.54) is 12.4 Å². The monoisotopic (exact) mass is 352 g/mol. The summed E-state index contributed by atoms with van der Waals surface area (Å²) in [6.45, 7) is 3.37. The van der Waals surface area contributed by atoms with E-state index >= 15 is 0 Å². The molecule has 1 N–H and O–H groups in total. The van der Waals surface area contributed by atoms with Gasteiger partial charge in [-0.1, -0.05) is 25.1 Å². The Bertz CT molecular complexity index is 606. The van der Waals surface area contributed by atoms with Crippen molar-refractivity contribution >= 4 is 27.6 Å². The van der Waals surface area contributed by atoms with E-state index in [1.54, 1.807) is 12.1 Å². The second kappa shape index (κ2) is 7.36. The number of nitrogens with zero attached hydrogens (tertiary/aromatic N) is 3. The summed E-state index contributed by atoms with van der Waals surface area (Å²) in [5, 5.41) is 3.23. The fourth-order valence-corrected chi connectivity index (χ4v) is 2.60. The largest absolute Gasteiger partial charge is 0.369 e. The summed E-state index contributed by atoms with van der Waals surface area (Å²) in [5.74, 6) is 1.27. The molecule has 0 radical (unpaired) electrons. The van der Waals surface area contributed by atoms with Gasteiger partial charge in [0.1, 0.15) is 28.3 Å². The van der Waals surface area contributed by atoms with Crippen LogP contribution in [0.5, 0.6) is 0 Å². The van der Waals surface area contributed by atoms with Crippen molar-refractivity contribution in [3.63, 3.8) is 0 Å². The zero-order valence-corrected chi connectivity index (χ0v) is 13.7. The van der Waals surface area contributed by atoms with E-state index in [9.17, 15) is 4.39 Å². The van der Waals surface area contributed by atoms with Crippen LogP contribution in [-0.4, -0.2) is 23.6 Å². The minimum absolute atomic E-state index is 0.209. The predicted octanol–water partition coefficient (Wildman–Crippen LogP) is 3.84. The molecule has 0 amide bonds. The van der Waals surface area contributed by atoms with Crippen LogP contribution < -0.4 is 10.2 Å². The molecule has 0 spiro atoms. The average molecular weight is 353 g/mol. The number of anilines is 2. The first kappa shape index (κ1) is 15.7. The summed E-state index contributed by atoms with van der Waals surface area (Å²) in [4.78, 5) is 10.4. The summed E-state index contributed by atoms with van der Waals surface area (Å²) in [7, 11) is 1.88. The highest BCUT2D eigenvalue weighted by Gasteiger charge is 2.13. The lowest BCUT2D eigenvalue weighted by atomic mass is 10.2. The van der Waals surface area contributed by atoms with Gasteiger partial charge in [0.25, 0.3) is 0 Å². The number of rotatable bonds is 6. The zero-order chi connectivity index (χ0) is 15.2. The Morgan fingerprint density at radius 2 is 2.05 bits per heavy atom. The van der Waals surface area contributed by atoms with Gasteiger partial charge in [-0.15, -0.1) is 0 Å². The van der Waals surface area contributed by atoms with Crippen molar-refractivity contribution in [2.24, 2.45) is 0 Å². The van der Waals surface area contributed by atoms with E-state index < -0.39 is 0 Å². The van der Waals surface area contributed by atoms with Crippen LogP contribution in [-0.2, 0) is 6.54 Å². The summed E-state index contributed by atoms with van der Waals surface area (Å²) < 4.78 is 14.5. The van der Waals surface area contributed by atoms with Crippen LogP contribution in [0.4, 0.5) is 16.0 Å². The van der Waals surface area contributed by atoms with Crippen LogP contribution in [0.15, 0.2) is 35.1 Å². The third kappa shape index (κ3) is 3.91. The molecule has 0 saturated heterocycles. The van der Waals surface area contributed by atoms with Gasteiger partial charge in [0.15, 0.2) is 0 Å². The number of hydrogen-bond donors (Lipinski definition) is 1. The number of benzene rings is 1. The lowest BCUT2D eigenvalue weighted by molar-refractivity contribution is 0.607. The third-order valence-electron chi connectivity index (χ3n) is 3.04. The van der Waals surface area contributed by atoms with Gasteiger partial charge in [0.2, 0.25) is 0 Å². The zero-order valence-electron chi connectivity index (χ0n) is 12.1. The number of nitrogens with one attached hydrogen (secondary N) is 1. The molecule has 0 atom stereocenters. The van der Waals surface area contributed by atoms with E-state index in [0.717, 1.165) is 29.1 Å². The quantitative estimate of drug-likeness (QED) is 0.857. The van der Waals surface area contributed by atoms with Crippen molar-refractivity contribution in [3.8, 4) is 0 Å². The molecule has 4 nitrogen and oxygen atoms in total. The Balaban J connectivity index is 2.19. The van der Waals surface area contributed by atoms with Gasteiger partial charge >= 0.3 is 0 Å². The molecule has 0 saturated carbocycles. The van der Waals surface area contributed by atoms with Gasteiger partial charge in [-0.05, 0) is 28.4 Å². The molecular weight excluding hydrogens is 335 g/mol. The Morgan fingerprint density at radius 1 is 1.29 bits per heavy atom. The molecule has 2 aromatic rings. The topological polar surface area (TPSA) is 41.1 Å². The summed E-state index contributed by atoms with van der Waals surface area (Å²) >= 11 is 3.52. The van der Waals surface area contributed by atoms with Crippen molar-refractivity contribution in [2.45, 2.75) is 19.9 Å². The molecule has 6 heteroatoms. The lowest BCUT2D eigenvalue weighted by Gasteiger charge is -2.21. The summed E-state index contributed by atoms with van der Waals surface area (Å²) in [6, 6.07) is 6.76. The first-order chi connectivity index (χ1) is 10.1. The molecule has 0 aliphatic heterocycles. The highest BCUT2D eigenvalue weighted by molar-refractivity contribution is 9.10. The molecular formula is C15H18BrFN4. The Kier molecular flexibility index (Phi) is 5.50. The number of halogens is 2. The first-order valence-electron chi connectivity index (χ1n) is 6.82. The maximum atomic E-state index is 13.7. The molecule has 1 heterocycles. The van der Waals surface area contributed by atoms with Crippen LogP contribution in [0.2, 0.25) is 0 Å². The minimum Gasteiger partial charge on any atom is -0.369 e. The normalized spacial score (nSPS) is 10.5. The average Bonchev–Trinajstić information content (AvgIpc) is 2.48. The minimum atomic E-state index is -0.209. The molecule has 1 aromatic heterocycles. The van der Waals surface area contributed by atoms with E-state index in [2.05, 4.69) is 38.1 Å². The maximum Gasteiger partial charge on any atom is 0.148 e. The van der Waals surface area contributed by atoms with Crippen LogP contribution in [0, 0.1) is 5.82 Å². The molecule has 0 fully saturated rings. The van der Waals surface area contributed by atoms with Gasteiger partial charge in [0, 0.05) is 25.7 Å². The Hall–Kier alpha value is -1.69. The SMILES string of the molecule is CCCNc1ncnc(N(C)Cc2ccccc2F)c1Br. The maximum absolute atomic E-state index is 13.7. The second-order valence-electron chi connectivity index (χ2n) is 4.73. The van der Waals surface area contributed by atoms with Gasteiger partial charge in [0.05, 0.1) is 0 Å². The van der Waals surface area contributed by atoms with Crippen LogP contribution in [0.3, 0.4) is 0 Å². The second-order valence-corrected chi connectivity index (χ2v) is 5.53. The van der Waals surface area contributed by atoms with Crippen LogP contribution in [0.1, 0.15) is 18.9 Å². The molecule has 21 heavy (non-hydrogen) atoms.